The minimum absolute atomic E-state index is 0.0108. The van der Waals surface area contributed by atoms with E-state index < -0.39 is 147 Å². The second kappa shape index (κ2) is 20.3. The third kappa shape index (κ3) is 9.10. The largest absolute Gasteiger partial charge is 0.481 e. The predicted octanol–water partition coefficient (Wildman–Crippen LogP) is -0.191. The maximum atomic E-state index is 13.2. The number of aliphatic carboxylic acids is 1. The molecule has 418 valence electrons. The number of hydrogen-bond donors (Lipinski definition) is 12. The van der Waals surface area contributed by atoms with E-state index in [1.54, 1.807) is 0 Å². The van der Waals surface area contributed by atoms with Gasteiger partial charge in [0, 0.05) is 5.41 Å². The average molecular weight is 1050 g/mol. The van der Waals surface area contributed by atoms with Gasteiger partial charge in [-0.1, -0.05) is 53.2 Å². The first-order chi connectivity index (χ1) is 34.2. The lowest BCUT2D eigenvalue weighted by Crippen LogP contribution is -2.67. The Hall–Kier alpha value is -1.55. The number of allylic oxidation sites excluding steroid dienone is 2. The third-order valence-electron chi connectivity index (χ3n) is 20.8. The monoisotopic (exact) mass is 1040 g/mol. The Labute approximate surface area is 426 Å². The van der Waals surface area contributed by atoms with E-state index in [0.29, 0.717) is 19.3 Å². The average Bonchev–Trinajstić information content (AvgIpc) is 3.34. The number of hydrogen-bond acceptors (Lipinski definition) is 20. The van der Waals surface area contributed by atoms with Gasteiger partial charge in [-0.25, -0.2) is 0 Å². The van der Waals surface area contributed by atoms with Crippen LogP contribution >= 0.6 is 0 Å². The molecular weight excluding hydrogens is 961 g/mol. The number of carbonyl (C=O) groups is 1. The van der Waals surface area contributed by atoms with Gasteiger partial charge in [0.05, 0.1) is 44.1 Å². The quantitative estimate of drug-likeness (QED) is 0.0942. The molecule has 9 rings (SSSR count). The van der Waals surface area contributed by atoms with Crippen LogP contribution in [0.3, 0.4) is 0 Å². The molecular formula is C52H84O21. The molecule has 5 aliphatic carbocycles. The molecule has 27 atom stereocenters. The number of fused-ring (bicyclic) bond motifs is 7. The van der Waals surface area contributed by atoms with Crippen LogP contribution in [0.25, 0.3) is 0 Å². The van der Waals surface area contributed by atoms with Crippen LogP contribution in [0, 0.1) is 50.2 Å². The fourth-order valence-corrected chi connectivity index (χ4v) is 16.0. The van der Waals surface area contributed by atoms with Crippen molar-refractivity contribution in [3.05, 3.63) is 11.6 Å². The Bertz CT molecular complexity index is 2010. The highest BCUT2D eigenvalue weighted by Gasteiger charge is 2.70. The van der Waals surface area contributed by atoms with E-state index in [1.165, 1.54) is 12.5 Å². The van der Waals surface area contributed by atoms with E-state index in [9.17, 15) is 66.1 Å². The number of carboxylic acid groups (broad SMARTS) is 1. The van der Waals surface area contributed by atoms with Crippen LogP contribution < -0.4 is 0 Å². The highest BCUT2D eigenvalue weighted by molar-refractivity contribution is 5.76. The summed E-state index contributed by atoms with van der Waals surface area (Å²) in [5.41, 5.74) is -0.749. The highest BCUT2D eigenvalue weighted by Crippen LogP contribution is 2.76. The second-order valence-corrected chi connectivity index (χ2v) is 25.2. The maximum absolute atomic E-state index is 13.2. The van der Waals surface area contributed by atoms with Gasteiger partial charge >= 0.3 is 5.97 Å². The molecule has 0 radical (unpaired) electrons. The van der Waals surface area contributed by atoms with Crippen molar-refractivity contribution in [2.45, 2.75) is 229 Å². The van der Waals surface area contributed by atoms with Gasteiger partial charge in [-0.05, 0) is 111 Å². The van der Waals surface area contributed by atoms with E-state index in [1.807, 2.05) is 6.92 Å². The molecule has 12 N–H and O–H groups in total. The van der Waals surface area contributed by atoms with Crippen molar-refractivity contribution in [1.29, 1.82) is 0 Å². The number of aliphatic hydroxyl groups excluding tert-OH is 11. The summed E-state index contributed by atoms with van der Waals surface area (Å²) in [4.78, 5) is 13.2. The molecule has 8 fully saturated rings. The highest BCUT2D eigenvalue weighted by atomic mass is 16.8. The van der Waals surface area contributed by atoms with Gasteiger partial charge in [-0.2, -0.15) is 0 Å². The molecule has 0 spiro atoms. The number of carboxylic acids is 1. The molecule has 0 aromatic rings. The summed E-state index contributed by atoms with van der Waals surface area (Å²) in [6.45, 7) is 13.5. The zero-order valence-electron chi connectivity index (χ0n) is 43.2. The molecule has 0 amide bonds. The van der Waals surface area contributed by atoms with Gasteiger partial charge in [0.2, 0.25) is 0 Å². The Morgan fingerprint density at radius 3 is 1.99 bits per heavy atom. The topological polar surface area (TPSA) is 334 Å². The molecule has 0 bridgehead atoms. The van der Waals surface area contributed by atoms with Crippen LogP contribution in [0.2, 0.25) is 0 Å². The molecule has 9 aliphatic rings. The Morgan fingerprint density at radius 1 is 0.644 bits per heavy atom. The van der Waals surface area contributed by atoms with Crippen LogP contribution in [0.4, 0.5) is 0 Å². The minimum Gasteiger partial charge on any atom is -0.481 e. The molecule has 4 aliphatic heterocycles. The first-order valence-corrected chi connectivity index (χ1v) is 26.7. The van der Waals surface area contributed by atoms with Crippen molar-refractivity contribution in [2.24, 2.45) is 50.2 Å². The van der Waals surface area contributed by atoms with Crippen molar-refractivity contribution in [2.75, 3.05) is 26.4 Å². The Morgan fingerprint density at radius 2 is 1.30 bits per heavy atom. The van der Waals surface area contributed by atoms with Gasteiger partial charge in [-0.15, -0.1) is 0 Å². The lowest BCUT2D eigenvalue weighted by Gasteiger charge is -2.71. The zero-order chi connectivity index (χ0) is 53.1. The van der Waals surface area contributed by atoms with E-state index in [-0.39, 0.29) is 52.6 Å². The molecule has 0 aromatic carbocycles. The summed E-state index contributed by atoms with van der Waals surface area (Å²) in [5.74, 6) is -0.465. The first kappa shape index (κ1) is 56.2. The van der Waals surface area contributed by atoms with E-state index >= 15 is 0 Å². The second-order valence-electron chi connectivity index (χ2n) is 25.2. The van der Waals surface area contributed by atoms with Crippen LogP contribution in [0.5, 0.6) is 0 Å². The van der Waals surface area contributed by atoms with Crippen LogP contribution in [-0.4, -0.2) is 210 Å². The minimum atomic E-state index is -1.89. The van der Waals surface area contributed by atoms with Gasteiger partial charge in [0.15, 0.2) is 25.2 Å². The normalized spacial score (nSPS) is 55.0. The molecule has 73 heavy (non-hydrogen) atoms. The third-order valence-corrected chi connectivity index (χ3v) is 20.8. The van der Waals surface area contributed by atoms with Crippen molar-refractivity contribution in [3.63, 3.8) is 0 Å². The summed E-state index contributed by atoms with van der Waals surface area (Å²) in [6, 6.07) is 0. The van der Waals surface area contributed by atoms with Crippen molar-refractivity contribution < 1.29 is 104 Å². The SMILES string of the molecule is C[C@@H]1O[C@@H](O[C@H]2[C@H](O[C@H]3CC[C@@]4(C)[C@@H](CC[C@]5(C)[C@@H]4CC=C4[C@H]6CC(C)(C)CC[C@]6(C(=O)O)CC[C@]45C)[C@]3(C)CO)OC[C@H](O)[C@@H]2O)[C@H](O)[C@H](O[C@@H]2OC[C@@H](O[C@@H]3O[C@H](CO)[C@@H](O)[C@H](O)[C@H]3O)[C@@H](O)[C@H]2O)[C@H]1O. The predicted molar refractivity (Wildman–Crippen MR) is 251 cm³/mol. The summed E-state index contributed by atoms with van der Waals surface area (Å²) in [6.07, 6.45) is -19.1. The van der Waals surface area contributed by atoms with Gasteiger partial charge < -0.3 is 99.2 Å². The lowest BCUT2D eigenvalue weighted by molar-refractivity contribution is -0.383. The molecule has 0 aromatic heterocycles. The van der Waals surface area contributed by atoms with Gasteiger partial charge in [0.1, 0.15) is 79.4 Å². The van der Waals surface area contributed by atoms with Crippen LogP contribution in [0.15, 0.2) is 11.6 Å². The molecule has 21 nitrogen and oxygen atoms in total. The smallest absolute Gasteiger partial charge is 0.310 e. The number of rotatable bonds is 11. The number of aliphatic hydroxyl groups is 11. The van der Waals surface area contributed by atoms with Gasteiger partial charge in [-0.3, -0.25) is 4.79 Å². The summed E-state index contributed by atoms with van der Waals surface area (Å²) >= 11 is 0. The van der Waals surface area contributed by atoms with E-state index in [4.69, 9.17) is 37.9 Å². The molecule has 21 heteroatoms. The fraction of sp³-hybridized carbons (Fsp3) is 0.942. The van der Waals surface area contributed by atoms with E-state index in [2.05, 4.69) is 40.7 Å². The van der Waals surface area contributed by atoms with Crippen molar-refractivity contribution in [3.8, 4) is 0 Å². The molecule has 0 unspecified atom stereocenters. The summed E-state index contributed by atoms with van der Waals surface area (Å²) < 4.78 is 47.6. The summed E-state index contributed by atoms with van der Waals surface area (Å²) in [7, 11) is 0. The first-order valence-electron chi connectivity index (χ1n) is 26.7. The van der Waals surface area contributed by atoms with Crippen LogP contribution in [-0.2, 0) is 42.7 Å². The Balaban J connectivity index is 0.887. The standard InChI is InChI=1S/C52H84O21/c1-23-32(56)40(72-42-37(61)35(59)28(21-67-42)70-43-38(62)36(60)34(58)27(19-53)69-43)39(63)44(68-23)73-41-33(57)26(55)20-66-45(41)71-31-11-12-48(4)29(49(31,5)22-54)10-13-51(7)30(48)9-8-24-25-18-47(2,3)14-16-52(25,46(64)65)17-15-50(24,51)6/h8,23,25-45,53-63H,9-22H2,1-7H3,(H,64,65)/t23-,25+,26-,27+,28+,29+,30+,31-,32-,33-,34+,35+,36-,37+,38+,39+,40+,41+,42-,43-,44-,45-,48-,49-,50+,51+,52-/m0/s1. The zero-order valence-corrected chi connectivity index (χ0v) is 43.2. The summed E-state index contributed by atoms with van der Waals surface area (Å²) in [5, 5.41) is 130. The van der Waals surface area contributed by atoms with Crippen molar-refractivity contribution >= 4 is 5.97 Å². The molecule has 4 saturated heterocycles. The molecule has 4 saturated carbocycles. The lowest BCUT2D eigenvalue weighted by atomic mass is 9.33. The van der Waals surface area contributed by atoms with Crippen molar-refractivity contribution in [1.82, 2.24) is 0 Å². The Kier molecular flexibility index (Phi) is 15.6. The molecule has 4 heterocycles. The maximum Gasteiger partial charge on any atom is 0.310 e. The van der Waals surface area contributed by atoms with E-state index in [0.717, 1.165) is 44.9 Å². The number of ether oxygens (including phenoxy) is 8. The van der Waals surface area contributed by atoms with Crippen LogP contribution in [0.1, 0.15) is 113 Å². The fourth-order valence-electron chi connectivity index (χ4n) is 16.0. The van der Waals surface area contributed by atoms with Gasteiger partial charge in [0.25, 0.3) is 0 Å².